The summed E-state index contributed by atoms with van der Waals surface area (Å²) >= 11 is 1.75. The van der Waals surface area contributed by atoms with Gasteiger partial charge in [0, 0.05) is 9.75 Å². The van der Waals surface area contributed by atoms with Crippen molar-refractivity contribution in [3.63, 3.8) is 0 Å². The van der Waals surface area contributed by atoms with Crippen molar-refractivity contribution >= 4 is 11.3 Å². The summed E-state index contributed by atoms with van der Waals surface area (Å²) in [5.74, 6) is 0.724. The molecule has 0 aromatic carbocycles. The van der Waals surface area contributed by atoms with Crippen LogP contribution in [0, 0.1) is 12.8 Å². The van der Waals surface area contributed by atoms with Crippen LogP contribution in [0.3, 0.4) is 0 Å². The smallest absolute Gasteiger partial charge is 0.0990 e. The van der Waals surface area contributed by atoms with E-state index < -0.39 is 5.60 Å². The molecule has 0 aliphatic heterocycles. The summed E-state index contributed by atoms with van der Waals surface area (Å²) in [5.41, 5.74) is -0.500. The molecule has 0 spiro atoms. The first-order valence-corrected chi connectivity index (χ1v) is 6.25. The molecule has 14 heavy (non-hydrogen) atoms. The second-order valence-corrected chi connectivity index (χ2v) is 5.75. The minimum Gasteiger partial charge on any atom is -0.384 e. The van der Waals surface area contributed by atoms with Crippen LogP contribution in [-0.4, -0.2) is 5.11 Å². The van der Waals surface area contributed by atoms with E-state index in [1.807, 2.05) is 0 Å². The maximum atomic E-state index is 10.5. The molecule has 1 aromatic rings. The van der Waals surface area contributed by atoms with Gasteiger partial charge in [-0.2, -0.15) is 0 Å². The third kappa shape index (κ3) is 1.73. The SMILES string of the molecule is CCC1CCC(O)(c2ccc(C)s2)C1. The molecular formula is C12H18OS. The summed E-state index contributed by atoms with van der Waals surface area (Å²) < 4.78 is 0. The van der Waals surface area contributed by atoms with Gasteiger partial charge in [0.25, 0.3) is 0 Å². The van der Waals surface area contributed by atoms with Gasteiger partial charge in [-0.05, 0) is 44.2 Å². The number of hydrogen-bond donors (Lipinski definition) is 1. The van der Waals surface area contributed by atoms with Gasteiger partial charge in [-0.1, -0.05) is 13.3 Å². The van der Waals surface area contributed by atoms with Gasteiger partial charge in [-0.15, -0.1) is 11.3 Å². The monoisotopic (exact) mass is 210 g/mol. The van der Waals surface area contributed by atoms with Crippen LogP contribution in [0.5, 0.6) is 0 Å². The average Bonchev–Trinajstić information content (AvgIpc) is 2.73. The lowest BCUT2D eigenvalue weighted by molar-refractivity contribution is 0.0436. The predicted molar refractivity (Wildman–Crippen MR) is 60.6 cm³/mol. The van der Waals surface area contributed by atoms with Crippen molar-refractivity contribution in [3.8, 4) is 0 Å². The minimum absolute atomic E-state index is 0.500. The molecule has 2 atom stereocenters. The fraction of sp³-hybridized carbons (Fsp3) is 0.667. The maximum absolute atomic E-state index is 10.5. The average molecular weight is 210 g/mol. The molecule has 0 amide bonds. The van der Waals surface area contributed by atoms with Crippen LogP contribution in [0.4, 0.5) is 0 Å². The Bertz CT molecular complexity index is 318. The number of hydrogen-bond acceptors (Lipinski definition) is 2. The van der Waals surface area contributed by atoms with E-state index in [9.17, 15) is 5.11 Å². The lowest BCUT2D eigenvalue weighted by atomic mass is 9.97. The first-order valence-electron chi connectivity index (χ1n) is 5.43. The fourth-order valence-electron chi connectivity index (χ4n) is 2.38. The van der Waals surface area contributed by atoms with Gasteiger partial charge in [0.05, 0.1) is 5.60 Å². The Morgan fingerprint density at radius 3 is 2.86 bits per heavy atom. The van der Waals surface area contributed by atoms with Gasteiger partial charge in [-0.3, -0.25) is 0 Å². The molecule has 2 unspecified atom stereocenters. The molecule has 1 aliphatic rings. The third-order valence-corrected chi connectivity index (χ3v) is 4.56. The molecule has 1 heterocycles. The highest BCUT2D eigenvalue weighted by Gasteiger charge is 2.38. The van der Waals surface area contributed by atoms with E-state index in [0.717, 1.165) is 18.8 Å². The third-order valence-electron chi connectivity index (χ3n) is 3.37. The van der Waals surface area contributed by atoms with Crippen molar-refractivity contribution < 1.29 is 5.11 Å². The van der Waals surface area contributed by atoms with Crippen LogP contribution in [0.25, 0.3) is 0 Å². The van der Waals surface area contributed by atoms with Gasteiger partial charge in [0.15, 0.2) is 0 Å². The van der Waals surface area contributed by atoms with Crippen molar-refractivity contribution in [3.05, 3.63) is 21.9 Å². The highest BCUT2D eigenvalue weighted by atomic mass is 32.1. The number of aliphatic hydroxyl groups is 1. The normalized spacial score (nSPS) is 32.4. The molecule has 1 aromatic heterocycles. The summed E-state index contributed by atoms with van der Waals surface area (Å²) in [6, 6.07) is 4.20. The van der Waals surface area contributed by atoms with E-state index in [1.165, 1.54) is 22.6 Å². The van der Waals surface area contributed by atoms with Crippen LogP contribution in [0.1, 0.15) is 42.4 Å². The quantitative estimate of drug-likeness (QED) is 0.792. The topological polar surface area (TPSA) is 20.2 Å². The Morgan fingerprint density at radius 2 is 2.36 bits per heavy atom. The zero-order valence-electron chi connectivity index (χ0n) is 8.92. The van der Waals surface area contributed by atoms with Gasteiger partial charge in [0.1, 0.15) is 0 Å². The van der Waals surface area contributed by atoms with Crippen LogP contribution in [-0.2, 0) is 5.60 Å². The molecule has 1 saturated carbocycles. The lowest BCUT2D eigenvalue weighted by Crippen LogP contribution is -2.19. The highest BCUT2D eigenvalue weighted by molar-refractivity contribution is 7.12. The van der Waals surface area contributed by atoms with E-state index in [1.54, 1.807) is 11.3 Å². The molecule has 1 fully saturated rings. The Hall–Kier alpha value is -0.340. The zero-order chi connectivity index (χ0) is 10.2. The van der Waals surface area contributed by atoms with Gasteiger partial charge < -0.3 is 5.11 Å². The number of rotatable bonds is 2. The lowest BCUT2D eigenvalue weighted by Gasteiger charge is -2.21. The molecule has 2 rings (SSSR count). The van der Waals surface area contributed by atoms with Crippen LogP contribution in [0.15, 0.2) is 12.1 Å². The molecule has 2 heteroatoms. The van der Waals surface area contributed by atoms with Crippen LogP contribution in [0.2, 0.25) is 0 Å². The second-order valence-electron chi connectivity index (χ2n) is 4.46. The number of aryl methyl sites for hydroxylation is 1. The maximum Gasteiger partial charge on any atom is 0.0990 e. The van der Waals surface area contributed by atoms with Crippen molar-refractivity contribution in [1.29, 1.82) is 0 Å². The molecule has 0 saturated heterocycles. The molecule has 1 nitrogen and oxygen atoms in total. The van der Waals surface area contributed by atoms with Gasteiger partial charge >= 0.3 is 0 Å². The second kappa shape index (κ2) is 3.67. The van der Waals surface area contributed by atoms with Gasteiger partial charge in [0.2, 0.25) is 0 Å². The van der Waals surface area contributed by atoms with Crippen LogP contribution >= 0.6 is 11.3 Å². The summed E-state index contributed by atoms with van der Waals surface area (Å²) in [7, 11) is 0. The standard InChI is InChI=1S/C12H18OS/c1-3-10-6-7-12(13,8-10)11-5-4-9(2)14-11/h4-5,10,13H,3,6-8H2,1-2H3. The molecule has 1 N–H and O–H groups in total. The zero-order valence-corrected chi connectivity index (χ0v) is 9.73. The van der Waals surface area contributed by atoms with E-state index in [4.69, 9.17) is 0 Å². The molecule has 1 aliphatic carbocycles. The van der Waals surface area contributed by atoms with Gasteiger partial charge in [-0.25, -0.2) is 0 Å². The summed E-state index contributed by atoms with van der Waals surface area (Å²) in [5, 5.41) is 10.5. The summed E-state index contributed by atoms with van der Waals surface area (Å²) in [6.07, 6.45) is 4.30. The van der Waals surface area contributed by atoms with Crippen LogP contribution < -0.4 is 0 Å². The molecule has 78 valence electrons. The molecule has 0 bridgehead atoms. The van der Waals surface area contributed by atoms with Crippen molar-refractivity contribution in [2.24, 2.45) is 5.92 Å². The van der Waals surface area contributed by atoms with E-state index in [0.29, 0.717) is 0 Å². The van der Waals surface area contributed by atoms with Crippen molar-refractivity contribution in [1.82, 2.24) is 0 Å². The first-order chi connectivity index (χ1) is 6.64. The highest BCUT2D eigenvalue weighted by Crippen LogP contribution is 2.45. The van der Waals surface area contributed by atoms with E-state index in [-0.39, 0.29) is 0 Å². The Kier molecular flexibility index (Phi) is 2.67. The molecule has 0 radical (unpaired) electrons. The van der Waals surface area contributed by atoms with Crippen molar-refractivity contribution in [2.75, 3.05) is 0 Å². The minimum atomic E-state index is -0.500. The predicted octanol–water partition coefficient (Wildman–Crippen LogP) is 3.45. The summed E-state index contributed by atoms with van der Waals surface area (Å²) in [4.78, 5) is 2.47. The fourth-order valence-corrected chi connectivity index (χ4v) is 3.38. The Labute approximate surface area is 89.8 Å². The molecular weight excluding hydrogens is 192 g/mol. The van der Waals surface area contributed by atoms with E-state index >= 15 is 0 Å². The Morgan fingerprint density at radius 1 is 1.57 bits per heavy atom. The Balaban J connectivity index is 2.18. The van der Waals surface area contributed by atoms with E-state index in [2.05, 4.69) is 26.0 Å². The largest absolute Gasteiger partial charge is 0.384 e. The number of thiophene rings is 1. The summed E-state index contributed by atoms with van der Waals surface area (Å²) in [6.45, 7) is 4.32. The van der Waals surface area contributed by atoms with Crippen molar-refractivity contribution in [2.45, 2.75) is 45.1 Å². The first kappa shape index (κ1) is 10.2.